The number of benzene rings is 1. The first-order chi connectivity index (χ1) is 7.09. The van der Waals surface area contributed by atoms with Gasteiger partial charge in [-0.25, -0.2) is 0 Å². The summed E-state index contributed by atoms with van der Waals surface area (Å²) in [5.74, 6) is 0.169. The van der Waals surface area contributed by atoms with Crippen LogP contribution in [-0.4, -0.2) is 5.91 Å². The SMILES string of the molecule is Cc1ccc(Cl)c(NC(=O)C2CC2)c1Cl. The van der Waals surface area contributed by atoms with Gasteiger partial charge in [0.25, 0.3) is 0 Å². The fourth-order valence-corrected chi connectivity index (χ4v) is 1.81. The molecule has 1 fully saturated rings. The van der Waals surface area contributed by atoms with E-state index in [1.54, 1.807) is 6.07 Å². The molecular weight excluding hydrogens is 233 g/mol. The summed E-state index contributed by atoms with van der Waals surface area (Å²) in [6.07, 6.45) is 1.93. The summed E-state index contributed by atoms with van der Waals surface area (Å²) in [6.45, 7) is 1.88. The zero-order valence-electron chi connectivity index (χ0n) is 8.31. The molecule has 1 saturated carbocycles. The van der Waals surface area contributed by atoms with E-state index in [1.165, 1.54) is 0 Å². The molecule has 0 spiro atoms. The fourth-order valence-electron chi connectivity index (χ4n) is 1.34. The molecule has 0 atom stereocenters. The summed E-state index contributed by atoms with van der Waals surface area (Å²) in [4.78, 5) is 11.6. The standard InChI is InChI=1S/C11H11Cl2NO/c1-6-2-5-8(12)10(9(6)13)14-11(15)7-3-4-7/h2,5,7H,3-4H2,1H3,(H,14,15). The summed E-state index contributed by atoms with van der Waals surface area (Å²) >= 11 is 12.0. The number of carbonyl (C=O) groups is 1. The number of amides is 1. The molecule has 0 unspecified atom stereocenters. The Kier molecular flexibility index (Phi) is 2.89. The van der Waals surface area contributed by atoms with Crippen molar-refractivity contribution < 1.29 is 4.79 Å². The van der Waals surface area contributed by atoms with Gasteiger partial charge in [0.15, 0.2) is 0 Å². The van der Waals surface area contributed by atoms with Crippen LogP contribution in [0.2, 0.25) is 10.0 Å². The lowest BCUT2D eigenvalue weighted by Crippen LogP contribution is -2.14. The third-order valence-corrected chi connectivity index (χ3v) is 3.28. The Morgan fingerprint density at radius 3 is 2.67 bits per heavy atom. The highest BCUT2D eigenvalue weighted by Gasteiger charge is 2.30. The summed E-state index contributed by atoms with van der Waals surface area (Å²) in [7, 11) is 0. The predicted octanol–water partition coefficient (Wildman–Crippen LogP) is 3.65. The Bertz CT molecular complexity index is 413. The van der Waals surface area contributed by atoms with E-state index in [9.17, 15) is 4.79 Å². The number of anilines is 1. The normalized spacial score (nSPS) is 15.1. The van der Waals surface area contributed by atoms with E-state index in [1.807, 2.05) is 13.0 Å². The van der Waals surface area contributed by atoms with Crippen LogP contribution in [0, 0.1) is 12.8 Å². The number of rotatable bonds is 2. The Balaban J connectivity index is 2.26. The third-order valence-electron chi connectivity index (χ3n) is 2.48. The van der Waals surface area contributed by atoms with Gasteiger partial charge in [-0.1, -0.05) is 29.3 Å². The molecule has 1 aromatic rings. The lowest BCUT2D eigenvalue weighted by molar-refractivity contribution is -0.117. The average Bonchev–Trinajstić information content (AvgIpc) is 3.02. The lowest BCUT2D eigenvalue weighted by Gasteiger charge is -2.10. The maximum absolute atomic E-state index is 11.6. The van der Waals surface area contributed by atoms with E-state index in [2.05, 4.69) is 5.32 Å². The van der Waals surface area contributed by atoms with Crippen LogP contribution < -0.4 is 5.32 Å². The Morgan fingerprint density at radius 1 is 1.40 bits per heavy atom. The molecule has 0 saturated heterocycles. The zero-order chi connectivity index (χ0) is 11.0. The van der Waals surface area contributed by atoms with Crippen molar-refractivity contribution in [1.29, 1.82) is 0 Å². The van der Waals surface area contributed by atoms with Crippen molar-refractivity contribution in [2.75, 3.05) is 5.32 Å². The van der Waals surface area contributed by atoms with Crippen LogP contribution in [0.5, 0.6) is 0 Å². The molecule has 4 heteroatoms. The largest absolute Gasteiger partial charge is 0.323 e. The molecule has 0 aliphatic heterocycles. The van der Waals surface area contributed by atoms with Crippen LogP contribution in [0.3, 0.4) is 0 Å². The van der Waals surface area contributed by atoms with Gasteiger partial charge in [-0.05, 0) is 31.4 Å². The second kappa shape index (κ2) is 4.03. The first-order valence-electron chi connectivity index (χ1n) is 4.85. The molecule has 1 aliphatic rings. The molecule has 2 rings (SSSR count). The number of halogens is 2. The number of nitrogens with one attached hydrogen (secondary N) is 1. The molecule has 0 radical (unpaired) electrons. The fraction of sp³-hybridized carbons (Fsp3) is 0.364. The molecule has 0 aromatic heterocycles. The molecule has 0 heterocycles. The maximum atomic E-state index is 11.6. The van der Waals surface area contributed by atoms with Crippen molar-refractivity contribution in [3.63, 3.8) is 0 Å². The van der Waals surface area contributed by atoms with Gasteiger partial charge in [0.05, 0.1) is 15.7 Å². The molecule has 1 N–H and O–H groups in total. The molecule has 1 aliphatic carbocycles. The minimum absolute atomic E-state index is 0.0180. The number of carbonyl (C=O) groups excluding carboxylic acids is 1. The van der Waals surface area contributed by atoms with Crippen molar-refractivity contribution >= 4 is 34.8 Å². The highest BCUT2D eigenvalue weighted by Crippen LogP contribution is 2.36. The van der Waals surface area contributed by atoms with Crippen LogP contribution in [0.4, 0.5) is 5.69 Å². The summed E-state index contributed by atoms with van der Waals surface area (Å²) in [6, 6.07) is 3.57. The summed E-state index contributed by atoms with van der Waals surface area (Å²) in [5.41, 5.74) is 1.45. The zero-order valence-corrected chi connectivity index (χ0v) is 9.82. The van der Waals surface area contributed by atoms with Gasteiger partial charge < -0.3 is 5.32 Å². The topological polar surface area (TPSA) is 29.1 Å². The van der Waals surface area contributed by atoms with Crippen LogP contribution in [0.15, 0.2) is 12.1 Å². The van der Waals surface area contributed by atoms with Crippen LogP contribution in [0.25, 0.3) is 0 Å². The maximum Gasteiger partial charge on any atom is 0.227 e. The monoisotopic (exact) mass is 243 g/mol. The molecule has 0 bridgehead atoms. The molecule has 1 amide bonds. The lowest BCUT2D eigenvalue weighted by atomic mass is 10.2. The minimum atomic E-state index is 0.0180. The van der Waals surface area contributed by atoms with Crippen molar-refractivity contribution in [3.8, 4) is 0 Å². The van der Waals surface area contributed by atoms with Gasteiger partial charge in [0.1, 0.15) is 0 Å². The van der Waals surface area contributed by atoms with E-state index in [-0.39, 0.29) is 11.8 Å². The van der Waals surface area contributed by atoms with E-state index >= 15 is 0 Å². The first-order valence-corrected chi connectivity index (χ1v) is 5.60. The van der Waals surface area contributed by atoms with Crippen LogP contribution in [-0.2, 0) is 4.79 Å². The molecule has 1 aromatic carbocycles. The van der Waals surface area contributed by atoms with Crippen LogP contribution >= 0.6 is 23.2 Å². The Morgan fingerprint density at radius 2 is 2.07 bits per heavy atom. The number of aryl methyl sites for hydroxylation is 1. The molecule has 2 nitrogen and oxygen atoms in total. The van der Waals surface area contributed by atoms with Gasteiger partial charge in [0.2, 0.25) is 5.91 Å². The van der Waals surface area contributed by atoms with Crippen molar-refractivity contribution in [2.24, 2.45) is 5.92 Å². The van der Waals surface area contributed by atoms with Gasteiger partial charge in [0, 0.05) is 5.92 Å². The Labute approximate surface area is 98.6 Å². The summed E-state index contributed by atoms with van der Waals surface area (Å²) < 4.78 is 0. The van der Waals surface area contributed by atoms with Gasteiger partial charge in [-0.3, -0.25) is 4.79 Å². The second-order valence-corrected chi connectivity index (χ2v) is 4.60. The minimum Gasteiger partial charge on any atom is -0.323 e. The molecule has 15 heavy (non-hydrogen) atoms. The van der Waals surface area contributed by atoms with Gasteiger partial charge in [-0.2, -0.15) is 0 Å². The highest BCUT2D eigenvalue weighted by atomic mass is 35.5. The second-order valence-electron chi connectivity index (χ2n) is 3.82. The van der Waals surface area contributed by atoms with Gasteiger partial charge >= 0.3 is 0 Å². The van der Waals surface area contributed by atoms with Crippen molar-refractivity contribution in [2.45, 2.75) is 19.8 Å². The van der Waals surface area contributed by atoms with E-state index in [0.717, 1.165) is 18.4 Å². The van der Waals surface area contributed by atoms with Crippen LogP contribution in [0.1, 0.15) is 18.4 Å². The molecule has 80 valence electrons. The number of hydrogen-bond donors (Lipinski definition) is 1. The Hall–Kier alpha value is -0.730. The van der Waals surface area contributed by atoms with Crippen molar-refractivity contribution in [1.82, 2.24) is 0 Å². The van der Waals surface area contributed by atoms with Gasteiger partial charge in [-0.15, -0.1) is 0 Å². The van der Waals surface area contributed by atoms with E-state index in [4.69, 9.17) is 23.2 Å². The van der Waals surface area contributed by atoms with E-state index in [0.29, 0.717) is 15.7 Å². The summed E-state index contributed by atoms with van der Waals surface area (Å²) in [5, 5.41) is 3.79. The average molecular weight is 244 g/mol. The smallest absolute Gasteiger partial charge is 0.227 e. The highest BCUT2D eigenvalue weighted by molar-refractivity contribution is 6.40. The molecular formula is C11H11Cl2NO. The first kappa shape index (κ1) is 10.8. The third kappa shape index (κ3) is 2.27. The van der Waals surface area contributed by atoms with E-state index < -0.39 is 0 Å². The van der Waals surface area contributed by atoms with Crippen molar-refractivity contribution in [3.05, 3.63) is 27.7 Å². The number of hydrogen-bond acceptors (Lipinski definition) is 1. The predicted molar refractivity (Wildman–Crippen MR) is 62.6 cm³/mol. The quantitative estimate of drug-likeness (QED) is 0.845.